The fourth-order valence-electron chi connectivity index (χ4n) is 0.997. The van der Waals surface area contributed by atoms with Gasteiger partial charge < -0.3 is 14.9 Å². The molecule has 4 nitrogen and oxygen atoms in total. The van der Waals surface area contributed by atoms with Crippen LogP contribution in [0.3, 0.4) is 0 Å². The average molecular weight is 216 g/mol. The van der Waals surface area contributed by atoms with Crippen LogP contribution in [0.15, 0.2) is 12.2 Å². The highest BCUT2D eigenvalue weighted by atomic mass is 16.5. The Morgan fingerprint density at radius 2 is 2.20 bits per heavy atom. The van der Waals surface area contributed by atoms with Crippen molar-refractivity contribution in [2.24, 2.45) is 0 Å². The molecular formula is C11H20O4. The number of carbonyl (C=O) groups is 1. The molecular weight excluding hydrogens is 196 g/mol. The molecule has 0 saturated heterocycles. The Morgan fingerprint density at radius 3 is 2.73 bits per heavy atom. The van der Waals surface area contributed by atoms with Crippen molar-refractivity contribution >= 4 is 5.97 Å². The second kappa shape index (κ2) is 8.44. The Balaban J connectivity index is 3.44. The largest absolute Gasteiger partial charge is 0.478 e. The lowest BCUT2D eigenvalue weighted by Crippen LogP contribution is -2.16. The summed E-state index contributed by atoms with van der Waals surface area (Å²) in [6, 6.07) is 0. The van der Waals surface area contributed by atoms with E-state index in [-0.39, 0.29) is 12.2 Å². The van der Waals surface area contributed by atoms with E-state index in [9.17, 15) is 9.90 Å². The second-order valence-electron chi connectivity index (χ2n) is 3.53. The maximum Gasteiger partial charge on any atom is 0.330 e. The van der Waals surface area contributed by atoms with Gasteiger partial charge in [-0.3, -0.25) is 0 Å². The molecule has 1 unspecified atom stereocenters. The lowest BCUT2D eigenvalue weighted by molar-refractivity contribution is -0.132. The van der Waals surface area contributed by atoms with E-state index in [4.69, 9.17) is 9.84 Å². The van der Waals surface area contributed by atoms with Crippen molar-refractivity contribution in [2.45, 2.75) is 38.7 Å². The molecule has 0 heterocycles. The Kier molecular flexibility index (Phi) is 7.95. The van der Waals surface area contributed by atoms with Crippen molar-refractivity contribution in [3.8, 4) is 0 Å². The van der Waals surface area contributed by atoms with Gasteiger partial charge >= 0.3 is 5.97 Å². The molecule has 0 rings (SSSR count). The molecule has 0 aromatic rings. The van der Waals surface area contributed by atoms with Crippen LogP contribution in [0.1, 0.15) is 32.6 Å². The number of carboxylic acids is 1. The molecule has 0 aliphatic carbocycles. The van der Waals surface area contributed by atoms with Crippen LogP contribution in [-0.4, -0.2) is 35.5 Å². The minimum atomic E-state index is -1.01. The lowest BCUT2D eigenvalue weighted by Gasteiger charge is -2.10. The standard InChI is InChI=1S/C11H20O4/c1-3-4-7-15-8-10(12)6-5-9(2)11(13)14/h10,12H,2-8H2,1H3,(H,13,14). The number of hydrogen-bond donors (Lipinski definition) is 2. The van der Waals surface area contributed by atoms with Crippen LogP contribution in [0.5, 0.6) is 0 Å². The van der Waals surface area contributed by atoms with Gasteiger partial charge in [0.05, 0.1) is 12.7 Å². The molecule has 2 N–H and O–H groups in total. The van der Waals surface area contributed by atoms with E-state index in [1.165, 1.54) is 0 Å². The van der Waals surface area contributed by atoms with Crippen LogP contribution in [0.25, 0.3) is 0 Å². The summed E-state index contributed by atoms with van der Waals surface area (Å²) < 4.78 is 5.20. The van der Waals surface area contributed by atoms with Gasteiger partial charge in [0.15, 0.2) is 0 Å². The first kappa shape index (κ1) is 14.1. The van der Waals surface area contributed by atoms with Crippen molar-refractivity contribution in [3.63, 3.8) is 0 Å². The van der Waals surface area contributed by atoms with E-state index in [0.717, 1.165) is 12.8 Å². The Labute approximate surface area is 90.6 Å². The van der Waals surface area contributed by atoms with E-state index in [2.05, 4.69) is 13.5 Å². The molecule has 0 fully saturated rings. The average Bonchev–Trinajstić information content (AvgIpc) is 2.20. The van der Waals surface area contributed by atoms with Crippen LogP contribution in [0.2, 0.25) is 0 Å². The molecule has 1 atom stereocenters. The summed E-state index contributed by atoms with van der Waals surface area (Å²) in [5, 5.41) is 17.9. The number of unbranched alkanes of at least 4 members (excludes halogenated alkanes) is 1. The topological polar surface area (TPSA) is 66.8 Å². The predicted octanol–water partition coefficient (Wildman–Crippen LogP) is 1.58. The zero-order valence-corrected chi connectivity index (χ0v) is 9.24. The molecule has 0 radical (unpaired) electrons. The normalized spacial score (nSPS) is 12.4. The Morgan fingerprint density at radius 1 is 1.53 bits per heavy atom. The summed E-state index contributed by atoms with van der Waals surface area (Å²) in [5.41, 5.74) is 0.127. The van der Waals surface area contributed by atoms with Gasteiger partial charge in [-0.15, -0.1) is 0 Å². The smallest absolute Gasteiger partial charge is 0.330 e. The second-order valence-corrected chi connectivity index (χ2v) is 3.53. The maximum atomic E-state index is 10.4. The Bertz CT molecular complexity index is 201. The molecule has 0 aliphatic rings. The van der Waals surface area contributed by atoms with Gasteiger partial charge in [0.1, 0.15) is 0 Å². The van der Waals surface area contributed by atoms with E-state index in [1.807, 2.05) is 0 Å². The third-order valence-corrected chi connectivity index (χ3v) is 2.03. The van der Waals surface area contributed by atoms with Crippen molar-refractivity contribution in [3.05, 3.63) is 12.2 Å². The summed E-state index contributed by atoms with van der Waals surface area (Å²) in [5.74, 6) is -1.01. The summed E-state index contributed by atoms with van der Waals surface area (Å²) in [7, 11) is 0. The molecule has 0 aromatic carbocycles. The van der Waals surface area contributed by atoms with Gasteiger partial charge in [0, 0.05) is 12.2 Å². The van der Waals surface area contributed by atoms with Gasteiger partial charge in [-0.05, 0) is 19.3 Å². The highest BCUT2D eigenvalue weighted by Crippen LogP contribution is 2.06. The first-order valence-corrected chi connectivity index (χ1v) is 5.24. The number of hydrogen-bond acceptors (Lipinski definition) is 3. The van der Waals surface area contributed by atoms with Gasteiger partial charge in [-0.2, -0.15) is 0 Å². The highest BCUT2D eigenvalue weighted by Gasteiger charge is 2.08. The molecule has 0 aromatic heterocycles. The minimum Gasteiger partial charge on any atom is -0.478 e. The van der Waals surface area contributed by atoms with E-state index in [0.29, 0.717) is 19.4 Å². The summed E-state index contributed by atoms with van der Waals surface area (Å²) in [6.45, 7) is 6.37. The summed E-state index contributed by atoms with van der Waals surface area (Å²) >= 11 is 0. The van der Waals surface area contributed by atoms with Crippen LogP contribution < -0.4 is 0 Å². The van der Waals surface area contributed by atoms with Gasteiger partial charge in [0.25, 0.3) is 0 Å². The molecule has 0 spiro atoms. The van der Waals surface area contributed by atoms with Crippen molar-refractivity contribution in [2.75, 3.05) is 13.2 Å². The van der Waals surface area contributed by atoms with Crippen LogP contribution in [-0.2, 0) is 9.53 Å². The molecule has 4 heteroatoms. The van der Waals surface area contributed by atoms with Crippen molar-refractivity contribution < 1.29 is 19.7 Å². The maximum absolute atomic E-state index is 10.4. The summed E-state index contributed by atoms with van der Waals surface area (Å²) in [4.78, 5) is 10.4. The van der Waals surface area contributed by atoms with Gasteiger partial charge in [0.2, 0.25) is 0 Å². The number of aliphatic hydroxyl groups is 1. The van der Waals surface area contributed by atoms with Crippen LogP contribution in [0.4, 0.5) is 0 Å². The number of ether oxygens (including phenoxy) is 1. The third kappa shape index (κ3) is 8.15. The molecule has 0 bridgehead atoms. The third-order valence-electron chi connectivity index (χ3n) is 2.03. The monoisotopic (exact) mass is 216 g/mol. The first-order valence-electron chi connectivity index (χ1n) is 5.24. The first-order chi connectivity index (χ1) is 7.07. The highest BCUT2D eigenvalue weighted by molar-refractivity contribution is 5.85. The molecule has 88 valence electrons. The number of aliphatic carboxylic acids is 1. The van der Waals surface area contributed by atoms with Gasteiger partial charge in [-0.25, -0.2) is 4.79 Å². The SMILES string of the molecule is C=C(CCC(O)COCCCC)C(=O)O. The van der Waals surface area contributed by atoms with Crippen LogP contribution >= 0.6 is 0 Å². The van der Waals surface area contributed by atoms with E-state index < -0.39 is 12.1 Å². The Hall–Kier alpha value is -0.870. The number of rotatable bonds is 9. The molecule has 0 saturated carbocycles. The number of aliphatic hydroxyl groups excluding tert-OH is 1. The van der Waals surface area contributed by atoms with Gasteiger partial charge in [-0.1, -0.05) is 19.9 Å². The zero-order chi connectivity index (χ0) is 11.7. The van der Waals surface area contributed by atoms with Crippen molar-refractivity contribution in [1.82, 2.24) is 0 Å². The quantitative estimate of drug-likeness (QED) is 0.453. The zero-order valence-electron chi connectivity index (χ0n) is 9.24. The summed E-state index contributed by atoms with van der Waals surface area (Å²) in [6.07, 6.45) is 2.13. The minimum absolute atomic E-state index is 0.127. The fraction of sp³-hybridized carbons (Fsp3) is 0.727. The molecule has 15 heavy (non-hydrogen) atoms. The van der Waals surface area contributed by atoms with E-state index in [1.54, 1.807) is 0 Å². The van der Waals surface area contributed by atoms with E-state index >= 15 is 0 Å². The van der Waals surface area contributed by atoms with Crippen molar-refractivity contribution in [1.29, 1.82) is 0 Å². The molecule has 0 aliphatic heterocycles. The fourth-order valence-corrected chi connectivity index (χ4v) is 0.997. The van der Waals surface area contributed by atoms with Crippen LogP contribution in [0, 0.1) is 0 Å². The predicted molar refractivity (Wildman–Crippen MR) is 57.7 cm³/mol. The molecule has 0 amide bonds. The lowest BCUT2D eigenvalue weighted by atomic mass is 10.1. The number of carboxylic acid groups (broad SMARTS) is 1.